The van der Waals surface area contributed by atoms with E-state index in [0.29, 0.717) is 25.0 Å². The molecule has 6 nitrogen and oxygen atoms in total. The molecule has 2 rings (SSSR count). The van der Waals surface area contributed by atoms with Crippen molar-refractivity contribution >= 4 is 5.91 Å². The quantitative estimate of drug-likeness (QED) is 0.644. The second-order valence-corrected chi connectivity index (χ2v) is 6.17. The van der Waals surface area contributed by atoms with Gasteiger partial charge in [0.1, 0.15) is 5.75 Å². The first-order valence-electron chi connectivity index (χ1n) is 8.11. The fourth-order valence-electron chi connectivity index (χ4n) is 2.81. The summed E-state index contributed by atoms with van der Waals surface area (Å²) in [5.41, 5.74) is 4.75. The van der Waals surface area contributed by atoms with E-state index in [2.05, 4.69) is 4.90 Å². The molecule has 1 amide bonds. The number of aliphatic hydroxyl groups is 2. The molecule has 0 spiro atoms. The van der Waals surface area contributed by atoms with Gasteiger partial charge >= 0.3 is 0 Å². The molecule has 1 aromatic carbocycles. The van der Waals surface area contributed by atoms with Crippen molar-refractivity contribution in [3.05, 3.63) is 29.8 Å². The largest absolute Gasteiger partial charge is 0.494 e. The summed E-state index contributed by atoms with van der Waals surface area (Å²) in [6.07, 6.45) is 3.04. The number of carbonyl (C=O) groups excluding carboxylic acids is 1. The fraction of sp³-hybridized carbons (Fsp3) is 0.588. The Labute approximate surface area is 136 Å². The number of hydrogen-bond acceptors (Lipinski definition) is 5. The molecule has 1 heterocycles. The summed E-state index contributed by atoms with van der Waals surface area (Å²) in [5, 5.41) is 19.4. The summed E-state index contributed by atoms with van der Waals surface area (Å²) in [5.74, 6) is 0.279. The average Bonchev–Trinajstić information content (AvgIpc) is 2.74. The Morgan fingerprint density at radius 3 is 2.65 bits per heavy atom. The van der Waals surface area contributed by atoms with Gasteiger partial charge in [-0.15, -0.1) is 0 Å². The molecule has 1 aromatic rings. The van der Waals surface area contributed by atoms with Crippen molar-refractivity contribution in [2.75, 3.05) is 32.8 Å². The second kappa shape index (κ2) is 8.29. The van der Waals surface area contributed by atoms with E-state index in [1.807, 2.05) is 0 Å². The Balaban J connectivity index is 1.68. The van der Waals surface area contributed by atoms with Crippen LogP contribution in [0.2, 0.25) is 0 Å². The van der Waals surface area contributed by atoms with E-state index < -0.39 is 11.5 Å². The highest BCUT2D eigenvalue weighted by Gasteiger charge is 2.28. The number of ether oxygens (including phenoxy) is 1. The van der Waals surface area contributed by atoms with Crippen molar-refractivity contribution in [2.45, 2.75) is 31.3 Å². The van der Waals surface area contributed by atoms with E-state index in [4.69, 9.17) is 10.5 Å². The van der Waals surface area contributed by atoms with Crippen molar-refractivity contribution < 1.29 is 19.7 Å². The minimum absolute atomic E-state index is 0.161. The number of primary amides is 1. The van der Waals surface area contributed by atoms with Crippen LogP contribution in [-0.2, 0) is 0 Å². The van der Waals surface area contributed by atoms with Crippen LogP contribution in [0.4, 0.5) is 0 Å². The summed E-state index contributed by atoms with van der Waals surface area (Å²) in [7, 11) is 0. The second-order valence-electron chi connectivity index (χ2n) is 6.17. The highest BCUT2D eigenvalue weighted by Crippen LogP contribution is 2.21. The zero-order chi connectivity index (χ0) is 16.7. The van der Waals surface area contributed by atoms with E-state index in [1.54, 1.807) is 24.3 Å². The van der Waals surface area contributed by atoms with Gasteiger partial charge in [-0.05, 0) is 56.5 Å². The Morgan fingerprint density at radius 1 is 1.26 bits per heavy atom. The van der Waals surface area contributed by atoms with Gasteiger partial charge in [0.2, 0.25) is 5.91 Å². The van der Waals surface area contributed by atoms with E-state index in [-0.39, 0.29) is 6.61 Å². The molecule has 128 valence electrons. The Bertz CT molecular complexity index is 506. The molecule has 4 N–H and O–H groups in total. The van der Waals surface area contributed by atoms with Crippen molar-refractivity contribution in [2.24, 2.45) is 5.73 Å². The van der Waals surface area contributed by atoms with E-state index in [1.165, 1.54) is 0 Å². The third kappa shape index (κ3) is 5.49. The molecule has 1 aliphatic heterocycles. The van der Waals surface area contributed by atoms with Gasteiger partial charge in [0.05, 0.1) is 18.8 Å². The van der Waals surface area contributed by atoms with Crippen LogP contribution in [-0.4, -0.2) is 59.5 Å². The lowest BCUT2D eigenvalue weighted by molar-refractivity contribution is -0.0254. The van der Waals surface area contributed by atoms with Crippen LogP contribution >= 0.6 is 0 Å². The first kappa shape index (κ1) is 17.7. The molecule has 0 aromatic heterocycles. The number of nitrogens with two attached hydrogens (primary N) is 1. The Morgan fingerprint density at radius 2 is 2.00 bits per heavy atom. The van der Waals surface area contributed by atoms with Crippen LogP contribution in [0.3, 0.4) is 0 Å². The average molecular weight is 322 g/mol. The molecule has 1 atom stereocenters. The number of amides is 1. The highest BCUT2D eigenvalue weighted by molar-refractivity contribution is 5.92. The van der Waals surface area contributed by atoms with Crippen LogP contribution in [0.1, 0.15) is 36.0 Å². The van der Waals surface area contributed by atoms with Crippen LogP contribution < -0.4 is 10.5 Å². The normalized spacial score (nSPS) is 22.5. The smallest absolute Gasteiger partial charge is 0.248 e. The predicted molar refractivity (Wildman–Crippen MR) is 87.4 cm³/mol. The van der Waals surface area contributed by atoms with Crippen molar-refractivity contribution in [3.63, 3.8) is 0 Å². The summed E-state index contributed by atoms with van der Waals surface area (Å²) in [6.45, 7) is 3.07. The Kier molecular flexibility index (Phi) is 6.38. The van der Waals surface area contributed by atoms with Gasteiger partial charge in [-0.1, -0.05) is 0 Å². The van der Waals surface area contributed by atoms with Crippen LogP contribution in [0.15, 0.2) is 24.3 Å². The van der Waals surface area contributed by atoms with Gasteiger partial charge in [-0.2, -0.15) is 0 Å². The minimum atomic E-state index is -0.909. The molecule has 1 aliphatic rings. The maximum absolute atomic E-state index is 11.0. The van der Waals surface area contributed by atoms with Gasteiger partial charge in [0, 0.05) is 18.7 Å². The molecule has 23 heavy (non-hydrogen) atoms. The van der Waals surface area contributed by atoms with E-state index in [0.717, 1.165) is 38.2 Å². The molecular weight excluding hydrogens is 296 g/mol. The maximum atomic E-state index is 11.0. The lowest BCUT2D eigenvalue weighted by Gasteiger charge is -2.24. The Hall–Kier alpha value is -1.63. The first-order chi connectivity index (χ1) is 11.0. The van der Waals surface area contributed by atoms with Crippen molar-refractivity contribution in [1.82, 2.24) is 4.90 Å². The summed E-state index contributed by atoms with van der Waals surface area (Å²) >= 11 is 0. The molecular formula is C17H26N2O4. The zero-order valence-electron chi connectivity index (χ0n) is 13.4. The van der Waals surface area contributed by atoms with Crippen molar-refractivity contribution in [1.29, 1.82) is 0 Å². The fourth-order valence-corrected chi connectivity index (χ4v) is 2.81. The van der Waals surface area contributed by atoms with Gasteiger partial charge in [-0.3, -0.25) is 4.79 Å². The zero-order valence-corrected chi connectivity index (χ0v) is 13.4. The first-order valence-corrected chi connectivity index (χ1v) is 8.11. The molecule has 0 aliphatic carbocycles. The van der Waals surface area contributed by atoms with Gasteiger partial charge in [0.15, 0.2) is 0 Å². The molecule has 6 heteroatoms. The maximum Gasteiger partial charge on any atom is 0.248 e. The molecule has 0 saturated carbocycles. The standard InChI is InChI=1S/C17H26N2O4/c18-16(21)14-3-5-15(6-4-14)23-12-2-10-19-9-1-7-17(22,13-20)8-11-19/h3-6,20,22H,1-2,7-13H2,(H2,18,21)/t17-/m1/s1. The van der Waals surface area contributed by atoms with Gasteiger partial charge in [0.25, 0.3) is 0 Å². The van der Waals surface area contributed by atoms with Crippen molar-refractivity contribution in [3.8, 4) is 5.75 Å². The number of rotatable bonds is 7. The topological polar surface area (TPSA) is 96.0 Å². The van der Waals surface area contributed by atoms with Crippen LogP contribution in [0.5, 0.6) is 5.75 Å². The summed E-state index contributed by atoms with van der Waals surface area (Å²) < 4.78 is 5.66. The van der Waals surface area contributed by atoms with Crippen LogP contribution in [0.25, 0.3) is 0 Å². The minimum Gasteiger partial charge on any atom is -0.494 e. The number of hydrogen-bond donors (Lipinski definition) is 3. The summed E-state index contributed by atoms with van der Waals surface area (Å²) in [6, 6.07) is 6.80. The molecule has 0 bridgehead atoms. The molecule has 0 radical (unpaired) electrons. The highest BCUT2D eigenvalue weighted by atomic mass is 16.5. The molecule has 0 unspecified atom stereocenters. The van der Waals surface area contributed by atoms with Crippen LogP contribution in [0, 0.1) is 0 Å². The third-order valence-corrected chi connectivity index (χ3v) is 4.33. The van der Waals surface area contributed by atoms with E-state index in [9.17, 15) is 15.0 Å². The number of likely N-dealkylation sites (tertiary alicyclic amines) is 1. The number of nitrogens with zero attached hydrogens (tertiary/aromatic N) is 1. The predicted octanol–water partition coefficient (Wildman–Crippen LogP) is 0.764. The SMILES string of the molecule is NC(=O)c1ccc(OCCCN2CCC[C@](O)(CO)CC2)cc1. The van der Waals surface area contributed by atoms with Gasteiger partial charge < -0.3 is 25.6 Å². The number of carbonyl (C=O) groups is 1. The molecule has 1 saturated heterocycles. The third-order valence-electron chi connectivity index (χ3n) is 4.33. The number of aliphatic hydroxyl groups excluding tert-OH is 1. The summed E-state index contributed by atoms with van der Waals surface area (Å²) in [4.78, 5) is 13.3. The monoisotopic (exact) mass is 322 g/mol. The molecule has 1 fully saturated rings. The van der Waals surface area contributed by atoms with E-state index >= 15 is 0 Å². The lowest BCUT2D eigenvalue weighted by atomic mass is 9.96. The number of benzene rings is 1. The lowest BCUT2D eigenvalue weighted by Crippen LogP contribution is -2.35. The van der Waals surface area contributed by atoms with Gasteiger partial charge in [-0.25, -0.2) is 0 Å².